The van der Waals surface area contributed by atoms with Crippen molar-refractivity contribution in [2.45, 2.75) is 53.3 Å². The molecule has 0 aromatic heterocycles. The molecule has 6 atom stereocenters. The molecule has 7 heteroatoms. The normalized spacial score (nSPS) is 61.7. The van der Waals surface area contributed by atoms with Crippen LogP contribution in [0.25, 0.3) is 0 Å². The lowest BCUT2D eigenvalue weighted by Gasteiger charge is -2.58. The lowest BCUT2D eigenvalue weighted by atomic mass is 9.64. The van der Waals surface area contributed by atoms with Gasteiger partial charge in [0.25, 0.3) is 0 Å². The van der Waals surface area contributed by atoms with Gasteiger partial charge in [-0.3, -0.25) is 0 Å². The van der Waals surface area contributed by atoms with E-state index >= 15 is 0 Å². The minimum atomic E-state index is -1.46. The number of alkyl halides is 2. The maximum atomic E-state index is 11.3. The van der Waals surface area contributed by atoms with Gasteiger partial charge in [-0.1, -0.05) is 6.92 Å². The fourth-order valence-electron chi connectivity index (χ4n) is 5.88. The van der Waals surface area contributed by atoms with Crippen LogP contribution in [0.2, 0.25) is 0 Å². The highest BCUT2D eigenvalue weighted by atomic mass is 35.5. The van der Waals surface area contributed by atoms with E-state index < -0.39 is 32.5 Å². The molecule has 2 aliphatic heterocycles. The average Bonchev–Trinajstić information content (AvgIpc) is 2.73. The summed E-state index contributed by atoms with van der Waals surface area (Å²) in [6, 6.07) is 0. The minimum Gasteiger partial charge on any atom is -0.380 e. The Morgan fingerprint density at radius 2 is 1.71 bits per heavy atom. The van der Waals surface area contributed by atoms with Crippen molar-refractivity contribution >= 4 is 23.2 Å². The van der Waals surface area contributed by atoms with Gasteiger partial charge < -0.3 is 24.1 Å². The standard InChI is InChI=1S/C14H20Cl2O5/c1-7-8-9(2,3)21-13-10(17,6-20-13)11(7,15)14(18-4,19-5)12(8,13)16/h7-8,17H,6H2,1-5H3. The lowest BCUT2D eigenvalue weighted by Crippen LogP contribution is -2.79. The summed E-state index contributed by atoms with van der Waals surface area (Å²) in [6.45, 7) is 5.89. The van der Waals surface area contributed by atoms with E-state index in [1.54, 1.807) is 0 Å². The van der Waals surface area contributed by atoms with Gasteiger partial charge in [-0.05, 0) is 19.8 Å². The second-order valence-corrected chi connectivity index (χ2v) is 8.38. The van der Waals surface area contributed by atoms with E-state index in [2.05, 4.69) is 0 Å². The van der Waals surface area contributed by atoms with Crippen LogP contribution in [0.3, 0.4) is 0 Å². The molecule has 6 unspecified atom stereocenters. The Kier molecular flexibility index (Phi) is 2.43. The molecular weight excluding hydrogens is 319 g/mol. The summed E-state index contributed by atoms with van der Waals surface area (Å²) in [5.41, 5.74) is -2.08. The van der Waals surface area contributed by atoms with E-state index in [0.717, 1.165) is 0 Å². The third-order valence-electron chi connectivity index (χ3n) is 6.35. The number of ether oxygens (including phenoxy) is 4. The van der Waals surface area contributed by atoms with Crippen LogP contribution in [0.1, 0.15) is 20.8 Å². The first-order chi connectivity index (χ1) is 9.56. The Bertz CT molecular complexity index is 537. The maximum Gasteiger partial charge on any atom is 0.228 e. The minimum absolute atomic E-state index is 0.0482. The van der Waals surface area contributed by atoms with Crippen LogP contribution in [0.15, 0.2) is 0 Å². The molecule has 1 N–H and O–H groups in total. The summed E-state index contributed by atoms with van der Waals surface area (Å²) in [7, 11) is 2.99. The predicted octanol–water partition coefficient (Wildman–Crippen LogP) is 1.48. The molecule has 4 rings (SSSR count). The number of rotatable bonds is 2. The molecule has 0 aromatic carbocycles. The van der Waals surface area contributed by atoms with Gasteiger partial charge >= 0.3 is 0 Å². The van der Waals surface area contributed by atoms with Gasteiger partial charge in [0.15, 0.2) is 10.5 Å². The van der Waals surface area contributed by atoms with Gasteiger partial charge in [0.2, 0.25) is 11.6 Å². The van der Waals surface area contributed by atoms with Gasteiger partial charge in [-0.25, -0.2) is 0 Å². The highest BCUT2D eigenvalue weighted by molar-refractivity contribution is 6.34. The van der Waals surface area contributed by atoms with E-state index in [-0.39, 0.29) is 18.4 Å². The Morgan fingerprint density at radius 3 is 2.14 bits per heavy atom. The van der Waals surface area contributed by atoms with Crippen LogP contribution in [0, 0.1) is 11.8 Å². The van der Waals surface area contributed by atoms with Crippen LogP contribution >= 0.6 is 23.2 Å². The average molecular weight is 339 g/mol. The molecule has 2 bridgehead atoms. The Hall–Kier alpha value is 0.380. The number of hydrogen-bond acceptors (Lipinski definition) is 5. The third-order valence-corrected chi connectivity index (χ3v) is 7.99. The molecule has 0 aromatic rings. The van der Waals surface area contributed by atoms with Gasteiger partial charge in [0.1, 0.15) is 4.87 Å². The number of hydrogen-bond donors (Lipinski definition) is 1. The molecule has 21 heavy (non-hydrogen) atoms. The monoisotopic (exact) mass is 338 g/mol. The van der Waals surface area contributed by atoms with Gasteiger partial charge in [-0.15, -0.1) is 23.2 Å². The van der Waals surface area contributed by atoms with Gasteiger partial charge in [0.05, 0.1) is 12.2 Å². The summed E-state index contributed by atoms with van der Waals surface area (Å²) in [4.78, 5) is -2.47. The van der Waals surface area contributed by atoms with Crippen molar-refractivity contribution in [1.82, 2.24) is 0 Å². The van der Waals surface area contributed by atoms with Crippen molar-refractivity contribution in [3.8, 4) is 0 Å². The Labute approximate surface area is 133 Å². The molecule has 0 amide bonds. The number of fused-ring (bicyclic) bond motifs is 2. The van der Waals surface area contributed by atoms with E-state index in [9.17, 15) is 5.11 Å². The molecule has 2 saturated heterocycles. The highest BCUT2D eigenvalue weighted by Gasteiger charge is 3.05. The quantitative estimate of drug-likeness (QED) is 0.610. The van der Waals surface area contributed by atoms with Crippen LogP contribution in [0.5, 0.6) is 0 Å². The fraction of sp³-hybridized carbons (Fsp3) is 1.00. The van der Waals surface area contributed by atoms with Crippen molar-refractivity contribution in [3.63, 3.8) is 0 Å². The zero-order valence-electron chi connectivity index (χ0n) is 12.7. The molecule has 1 spiro atoms. The van der Waals surface area contributed by atoms with Crippen molar-refractivity contribution in [2.75, 3.05) is 20.8 Å². The number of aliphatic hydroxyl groups is 1. The highest BCUT2D eigenvalue weighted by Crippen LogP contribution is 2.85. The molecule has 0 radical (unpaired) electrons. The molecule has 4 aliphatic rings. The van der Waals surface area contributed by atoms with Crippen molar-refractivity contribution < 1.29 is 24.1 Å². The van der Waals surface area contributed by atoms with Crippen LogP contribution in [0.4, 0.5) is 0 Å². The zero-order valence-corrected chi connectivity index (χ0v) is 14.2. The van der Waals surface area contributed by atoms with Crippen molar-refractivity contribution in [1.29, 1.82) is 0 Å². The van der Waals surface area contributed by atoms with Crippen LogP contribution in [-0.4, -0.2) is 58.5 Å². The van der Waals surface area contributed by atoms with Gasteiger partial charge in [-0.2, -0.15) is 0 Å². The van der Waals surface area contributed by atoms with E-state index in [1.165, 1.54) is 14.2 Å². The summed E-state index contributed by atoms with van der Waals surface area (Å²) < 4.78 is 23.3. The predicted molar refractivity (Wildman–Crippen MR) is 75.4 cm³/mol. The zero-order chi connectivity index (χ0) is 15.7. The Morgan fingerprint density at radius 1 is 1.14 bits per heavy atom. The van der Waals surface area contributed by atoms with Gasteiger partial charge in [0, 0.05) is 20.1 Å². The Balaban J connectivity index is 2.11. The molecule has 2 heterocycles. The van der Waals surface area contributed by atoms with E-state index in [1.807, 2.05) is 20.8 Å². The smallest absolute Gasteiger partial charge is 0.228 e. The molecular formula is C14H20Cl2O5. The van der Waals surface area contributed by atoms with E-state index in [4.69, 9.17) is 42.1 Å². The molecule has 120 valence electrons. The second-order valence-electron chi connectivity index (χ2n) is 7.19. The summed E-state index contributed by atoms with van der Waals surface area (Å²) in [5.74, 6) is -3.18. The van der Waals surface area contributed by atoms with Crippen LogP contribution in [-0.2, 0) is 18.9 Å². The first-order valence-electron chi connectivity index (χ1n) is 7.11. The molecule has 5 nitrogen and oxygen atoms in total. The molecule has 2 aliphatic carbocycles. The number of methoxy groups -OCH3 is 2. The van der Waals surface area contributed by atoms with Crippen molar-refractivity contribution in [2.24, 2.45) is 11.8 Å². The second kappa shape index (κ2) is 3.41. The topological polar surface area (TPSA) is 57.2 Å². The largest absolute Gasteiger partial charge is 0.380 e. The van der Waals surface area contributed by atoms with E-state index in [0.29, 0.717) is 0 Å². The number of halogens is 2. The summed E-state index contributed by atoms with van der Waals surface area (Å²) in [6.07, 6.45) is 0. The first kappa shape index (κ1) is 14.9. The summed E-state index contributed by atoms with van der Waals surface area (Å²) in [5, 5.41) is 11.3. The SMILES string of the molecule is COC1(OC)C2(Cl)C(C)C3C(C)(C)OC4(OCC42O)C31Cl. The third kappa shape index (κ3) is 0.923. The summed E-state index contributed by atoms with van der Waals surface area (Å²) >= 11 is 14.1. The lowest BCUT2D eigenvalue weighted by molar-refractivity contribution is -0.411. The first-order valence-corrected chi connectivity index (χ1v) is 7.86. The maximum absolute atomic E-state index is 11.3. The van der Waals surface area contributed by atoms with Crippen LogP contribution < -0.4 is 0 Å². The molecule has 2 saturated carbocycles. The van der Waals surface area contributed by atoms with Crippen molar-refractivity contribution in [3.05, 3.63) is 0 Å². The fourth-order valence-corrected chi connectivity index (χ4v) is 7.55. The molecule has 4 fully saturated rings.